The molecule has 0 spiro atoms. The molecule has 0 atom stereocenters. The molecule has 0 aliphatic carbocycles. The number of likely N-dealkylation sites (N-methyl/N-ethyl adjacent to an activating group) is 1. The number of hydrogen-bond donors (Lipinski definition) is 1. The minimum Gasteiger partial charge on any atom is -0.492 e. The molecule has 4 heteroatoms. The number of ether oxygens (including phenoxy) is 1. The number of hydrogen-bond acceptors (Lipinski definition) is 2. The van der Waals surface area contributed by atoms with E-state index < -0.39 is 0 Å². The fraction of sp³-hybridized carbons (Fsp3) is 0.200. The van der Waals surface area contributed by atoms with Gasteiger partial charge >= 0.3 is 0 Å². The second kappa shape index (κ2) is 6.80. The van der Waals surface area contributed by atoms with Crippen LogP contribution in [0.5, 0.6) is 5.75 Å². The predicted octanol–water partition coefficient (Wildman–Crippen LogP) is 4.26. The lowest BCUT2D eigenvalue weighted by molar-refractivity contribution is 0.318. The van der Waals surface area contributed by atoms with E-state index in [1.807, 2.05) is 49.5 Å². The van der Waals surface area contributed by atoms with Gasteiger partial charge in [-0.2, -0.15) is 0 Å². The monoisotopic (exact) mass is 295 g/mol. The van der Waals surface area contributed by atoms with Crippen molar-refractivity contribution in [3.8, 4) is 16.9 Å². The van der Waals surface area contributed by atoms with Gasteiger partial charge in [-0.25, -0.2) is 0 Å². The average molecular weight is 296 g/mol. The third-order valence-electron chi connectivity index (χ3n) is 2.73. The van der Waals surface area contributed by atoms with Crippen LogP contribution in [0.3, 0.4) is 0 Å². The maximum Gasteiger partial charge on any atom is 0.119 e. The Morgan fingerprint density at radius 3 is 2.21 bits per heavy atom. The maximum atomic E-state index is 6.18. The number of benzene rings is 2. The van der Waals surface area contributed by atoms with Crippen molar-refractivity contribution in [1.82, 2.24) is 5.32 Å². The van der Waals surface area contributed by atoms with Gasteiger partial charge in [-0.3, -0.25) is 0 Å². The smallest absolute Gasteiger partial charge is 0.119 e. The second-order valence-corrected chi connectivity index (χ2v) is 4.89. The molecule has 0 saturated carbocycles. The van der Waals surface area contributed by atoms with E-state index >= 15 is 0 Å². The number of nitrogens with one attached hydrogen (secondary N) is 1. The number of rotatable bonds is 5. The summed E-state index contributed by atoms with van der Waals surface area (Å²) >= 11 is 12.4. The SMILES string of the molecule is CNCCOc1ccc(-c2c(Cl)cccc2Cl)cc1. The highest BCUT2D eigenvalue weighted by atomic mass is 35.5. The highest BCUT2D eigenvalue weighted by Gasteiger charge is 2.07. The zero-order valence-corrected chi connectivity index (χ0v) is 12.1. The summed E-state index contributed by atoms with van der Waals surface area (Å²) in [5.41, 5.74) is 1.84. The van der Waals surface area contributed by atoms with Gasteiger partial charge in [-0.15, -0.1) is 0 Å². The van der Waals surface area contributed by atoms with Crippen LogP contribution in [0.15, 0.2) is 42.5 Å². The predicted molar refractivity (Wildman–Crippen MR) is 81.3 cm³/mol. The maximum absolute atomic E-state index is 6.18. The summed E-state index contributed by atoms with van der Waals surface area (Å²) < 4.78 is 5.57. The molecule has 100 valence electrons. The summed E-state index contributed by atoms with van der Waals surface area (Å²) in [6.07, 6.45) is 0. The van der Waals surface area contributed by atoms with E-state index in [4.69, 9.17) is 27.9 Å². The Hall–Kier alpha value is -1.22. The van der Waals surface area contributed by atoms with Crippen molar-refractivity contribution < 1.29 is 4.74 Å². The van der Waals surface area contributed by atoms with Crippen LogP contribution in [0.2, 0.25) is 10.0 Å². The Balaban J connectivity index is 2.18. The Kier molecular flexibility index (Phi) is 5.08. The number of halogens is 2. The van der Waals surface area contributed by atoms with E-state index in [1.54, 1.807) is 0 Å². The van der Waals surface area contributed by atoms with Crippen molar-refractivity contribution in [2.75, 3.05) is 20.2 Å². The molecule has 0 heterocycles. The molecule has 0 saturated heterocycles. The van der Waals surface area contributed by atoms with Gasteiger partial charge in [0.1, 0.15) is 12.4 Å². The molecule has 19 heavy (non-hydrogen) atoms. The fourth-order valence-corrected chi connectivity index (χ4v) is 2.38. The van der Waals surface area contributed by atoms with Gasteiger partial charge in [0.15, 0.2) is 0 Å². The molecule has 2 aromatic rings. The van der Waals surface area contributed by atoms with Crippen LogP contribution in [0.1, 0.15) is 0 Å². The van der Waals surface area contributed by atoms with Crippen LogP contribution < -0.4 is 10.1 Å². The quantitative estimate of drug-likeness (QED) is 0.832. The van der Waals surface area contributed by atoms with Crippen LogP contribution in [-0.4, -0.2) is 20.2 Å². The largest absolute Gasteiger partial charge is 0.492 e. The van der Waals surface area contributed by atoms with Crippen molar-refractivity contribution in [2.45, 2.75) is 0 Å². The summed E-state index contributed by atoms with van der Waals surface area (Å²) in [4.78, 5) is 0. The summed E-state index contributed by atoms with van der Waals surface area (Å²) in [6.45, 7) is 1.46. The van der Waals surface area contributed by atoms with Crippen molar-refractivity contribution in [2.24, 2.45) is 0 Å². The van der Waals surface area contributed by atoms with Gasteiger partial charge in [0.2, 0.25) is 0 Å². The van der Waals surface area contributed by atoms with Crippen LogP contribution >= 0.6 is 23.2 Å². The van der Waals surface area contributed by atoms with E-state index in [1.165, 1.54) is 0 Å². The molecule has 2 aromatic carbocycles. The van der Waals surface area contributed by atoms with Gasteiger partial charge in [-0.05, 0) is 36.9 Å². The molecule has 0 radical (unpaired) electrons. The van der Waals surface area contributed by atoms with E-state index in [9.17, 15) is 0 Å². The molecule has 0 aliphatic rings. The lowest BCUT2D eigenvalue weighted by atomic mass is 10.1. The molecule has 0 fully saturated rings. The standard InChI is InChI=1S/C15H15Cl2NO/c1-18-9-10-19-12-7-5-11(6-8-12)15-13(16)3-2-4-14(15)17/h2-8,18H,9-10H2,1H3. The molecule has 0 aromatic heterocycles. The zero-order valence-electron chi connectivity index (χ0n) is 10.6. The Bertz CT molecular complexity index is 520. The first-order valence-electron chi connectivity index (χ1n) is 6.04. The minimum atomic E-state index is 0.642. The van der Waals surface area contributed by atoms with Crippen LogP contribution in [0.4, 0.5) is 0 Å². The van der Waals surface area contributed by atoms with Gasteiger partial charge < -0.3 is 10.1 Å². The normalized spacial score (nSPS) is 10.5. The second-order valence-electron chi connectivity index (χ2n) is 4.07. The van der Waals surface area contributed by atoms with Crippen LogP contribution in [0.25, 0.3) is 11.1 Å². The molecule has 0 amide bonds. The van der Waals surface area contributed by atoms with E-state index in [-0.39, 0.29) is 0 Å². The lowest BCUT2D eigenvalue weighted by Crippen LogP contribution is -2.15. The third-order valence-corrected chi connectivity index (χ3v) is 3.36. The summed E-state index contributed by atoms with van der Waals surface area (Å²) in [7, 11) is 1.89. The van der Waals surface area contributed by atoms with Crippen molar-refractivity contribution >= 4 is 23.2 Å². The molecule has 0 unspecified atom stereocenters. The van der Waals surface area contributed by atoms with Gasteiger partial charge in [0.25, 0.3) is 0 Å². The summed E-state index contributed by atoms with van der Waals surface area (Å²) in [6, 6.07) is 13.3. The van der Waals surface area contributed by atoms with E-state index in [0.717, 1.165) is 23.4 Å². The van der Waals surface area contributed by atoms with Crippen LogP contribution in [0, 0.1) is 0 Å². The van der Waals surface area contributed by atoms with Crippen molar-refractivity contribution in [3.05, 3.63) is 52.5 Å². The first kappa shape index (κ1) is 14.2. The Morgan fingerprint density at radius 1 is 1.00 bits per heavy atom. The molecular weight excluding hydrogens is 281 g/mol. The zero-order chi connectivity index (χ0) is 13.7. The summed E-state index contributed by atoms with van der Waals surface area (Å²) in [5, 5.41) is 4.33. The van der Waals surface area contributed by atoms with Crippen molar-refractivity contribution in [3.63, 3.8) is 0 Å². The Morgan fingerprint density at radius 2 is 1.63 bits per heavy atom. The molecule has 1 N–H and O–H groups in total. The molecule has 2 nitrogen and oxygen atoms in total. The molecular formula is C15H15Cl2NO. The lowest BCUT2D eigenvalue weighted by Gasteiger charge is -2.09. The van der Waals surface area contributed by atoms with Gasteiger partial charge in [0.05, 0.1) is 0 Å². The molecule has 0 aliphatic heterocycles. The van der Waals surface area contributed by atoms with Gasteiger partial charge in [0, 0.05) is 22.2 Å². The highest BCUT2D eigenvalue weighted by Crippen LogP contribution is 2.35. The van der Waals surface area contributed by atoms with Crippen LogP contribution in [-0.2, 0) is 0 Å². The average Bonchev–Trinajstić information content (AvgIpc) is 2.40. The van der Waals surface area contributed by atoms with Gasteiger partial charge in [-0.1, -0.05) is 41.4 Å². The molecule has 0 bridgehead atoms. The third kappa shape index (κ3) is 3.63. The highest BCUT2D eigenvalue weighted by molar-refractivity contribution is 6.39. The fourth-order valence-electron chi connectivity index (χ4n) is 1.76. The Labute approximate surface area is 123 Å². The first-order valence-corrected chi connectivity index (χ1v) is 6.80. The summed E-state index contributed by atoms with van der Waals surface area (Å²) in [5.74, 6) is 0.835. The minimum absolute atomic E-state index is 0.642. The van der Waals surface area contributed by atoms with E-state index in [2.05, 4.69) is 5.32 Å². The topological polar surface area (TPSA) is 21.3 Å². The molecule has 2 rings (SSSR count). The van der Waals surface area contributed by atoms with E-state index in [0.29, 0.717) is 16.7 Å². The first-order chi connectivity index (χ1) is 9.22. The van der Waals surface area contributed by atoms with Crippen molar-refractivity contribution in [1.29, 1.82) is 0 Å².